The number of hydrogen-bond acceptors (Lipinski definition) is 2. The summed E-state index contributed by atoms with van der Waals surface area (Å²) in [7, 11) is 0. The van der Waals surface area contributed by atoms with E-state index in [0.29, 0.717) is 12.0 Å². The van der Waals surface area contributed by atoms with Crippen LogP contribution in [0.3, 0.4) is 0 Å². The third-order valence-electron chi connectivity index (χ3n) is 4.79. The van der Waals surface area contributed by atoms with E-state index in [0.717, 1.165) is 29.7 Å². The highest BCUT2D eigenvalue weighted by Crippen LogP contribution is 2.40. The van der Waals surface area contributed by atoms with E-state index in [1.807, 2.05) is 6.92 Å². The first-order chi connectivity index (χ1) is 12.0. The Morgan fingerprint density at radius 2 is 1.73 bits per heavy atom. The number of ketones is 1. The van der Waals surface area contributed by atoms with Crippen LogP contribution in [-0.2, 0) is 11.0 Å². The Balaban J connectivity index is 2.09. The van der Waals surface area contributed by atoms with Gasteiger partial charge in [-0.05, 0) is 66.2 Å². The zero-order valence-corrected chi connectivity index (χ0v) is 15.1. The second-order valence-corrected chi connectivity index (χ2v) is 7.22. The lowest BCUT2D eigenvalue weighted by Crippen LogP contribution is -2.27. The number of carbonyl (C=O) groups excluding carboxylic acids is 1. The van der Waals surface area contributed by atoms with Crippen molar-refractivity contribution < 1.29 is 23.1 Å². The predicted octanol–water partition coefficient (Wildman–Crippen LogP) is 5.34. The summed E-state index contributed by atoms with van der Waals surface area (Å²) in [6, 6.07) is 4.62. The van der Waals surface area contributed by atoms with Crippen LogP contribution in [0, 0.1) is 5.41 Å². The third-order valence-corrected chi connectivity index (χ3v) is 4.79. The number of benzene rings is 1. The molecular formula is C21H23F3O2. The molecule has 0 aromatic heterocycles. The van der Waals surface area contributed by atoms with Crippen molar-refractivity contribution in [2.75, 3.05) is 0 Å². The molecule has 0 saturated heterocycles. The third kappa shape index (κ3) is 4.94. The molecule has 1 N–H and O–H groups in total. The van der Waals surface area contributed by atoms with Crippen LogP contribution in [0.25, 0.3) is 6.08 Å². The van der Waals surface area contributed by atoms with Crippen LogP contribution in [0.5, 0.6) is 0 Å². The molecule has 1 atom stereocenters. The zero-order chi connectivity index (χ0) is 19.5. The van der Waals surface area contributed by atoms with E-state index in [2.05, 4.69) is 13.8 Å². The second kappa shape index (κ2) is 7.62. The standard InChI is InChI=1S/C21H23F3O2/c1-14-18(20(2,3)13-12-19(14)26)11-10-17(25)9-6-15-4-7-16(8-5-15)21(22,23)24/h4-11,19,26H,12-13H2,1-3H3/b9-6+,11-10+. The van der Waals surface area contributed by atoms with Crippen molar-refractivity contribution in [3.05, 3.63) is 64.8 Å². The summed E-state index contributed by atoms with van der Waals surface area (Å²) in [4.78, 5) is 12.0. The van der Waals surface area contributed by atoms with Gasteiger partial charge in [0.2, 0.25) is 0 Å². The molecule has 140 valence electrons. The van der Waals surface area contributed by atoms with Crippen LogP contribution in [0.1, 0.15) is 44.7 Å². The van der Waals surface area contributed by atoms with E-state index >= 15 is 0 Å². The summed E-state index contributed by atoms with van der Waals surface area (Å²) in [6.45, 7) is 6.02. The molecule has 1 aliphatic carbocycles. The van der Waals surface area contributed by atoms with Gasteiger partial charge in [-0.1, -0.05) is 38.1 Å². The van der Waals surface area contributed by atoms with Crippen LogP contribution in [0.4, 0.5) is 13.2 Å². The molecule has 0 heterocycles. The molecule has 26 heavy (non-hydrogen) atoms. The highest BCUT2D eigenvalue weighted by atomic mass is 19.4. The Morgan fingerprint density at radius 1 is 1.15 bits per heavy atom. The SMILES string of the molecule is CC1=C(/C=C/C(=O)/C=C/c2ccc(C(F)(F)F)cc2)C(C)(C)CCC1O. The lowest BCUT2D eigenvalue weighted by Gasteiger charge is -2.35. The van der Waals surface area contributed by atoms with Crippen LogP contribution < -0.4 is 0 Å². The number of aliphatic hydroxyl groups is 1. The fraction of sp³-hybridized carbons (Fsp3) is 0.381. The van der Waals surface area contributed by atoms with Crippen molar-refractivity contribution in [2.45, 2.75) is 45.9 Å². The molecule has 0 spiro atoms. The first-order valence-electron chi connectivity index (χ1n) is 8.47. The molecule has 0 aliphatic heterocycles. The van der Waals surface area contributed by atoms with Gasteiger partial charge in [0.05, 0.1) is 11.7 Å². The number of rotatable bonds is 4. The van der Waals surface area contributed by atoms with Crippen LogP contribution >= 0.6 is 0 Å². The van der Waals surface area contributed by atoms with Crippen LogP contribution in [-0.4, -0.2) is 17.0 Å². The van der Waals surface area contributed by atoms with E-state index in [4.69, 9.17) is 0 Å². The minimum Gasteiger partial charge on any atom is -0.389 e. The average Bonchev–Trinajstić information content (AvgIpc) is 2.56. The van der Waals surface area contributed by atoms with Crippen molar-refractivity contribution in [3.8, 4) is 0 Å². The number of allylic oxidation sites excluding steroid dienone is 4. The normalized spacial score (nSPS) is 21.0. The summed E-state index contributed by atoms with van der Waals surface area (Å²) in [5.41, 5.74) is 1.51. The molecule has 0 amide bonds. The van der Waals surface area contributed by atoms with Gasteiger partial charge in [-0.2, -0.15) is 13.2 Å². The monoisotopic (exact) mass is 364 g/mol. The minimum atomic E-state index is -4.37. The minimum absolute atomic E-state index is 0.114. The van der Waals surface area contributed by atoms with Gasteiger partial charge in [-0.3, -0.25) is 4.79 Å². The van der Waals surface area contributed by atoms with E-state index in [1.54, 1.807) is 6.08 Å². The number of halogens is 3. The Morgan fingerprint density at radius 3 is 2.31 bits per heavy atom. The average molecular weight is 364 g/mol. The Hall–Kier alpha value is -2.14. The van der Waals surface area contributed by atoms with Gasteiger partial charge >= 0.3 is 6.18 Å². The predicted molar refractivity (Wildman–Crippen MR) is 96.3 cm³/mol. The van der Waals surface area contributed by atoms with E-state index in [1.165, 1.54) is 30.4 Å². The maximum absolute atomic E-state index is 12.5. The molecule has 1 aromatic rings. The largest absolute Gasteiger partial charge is 0.416 e. The van der Waals surface area contributed by atoms with Crippen LogP contribution in [0.2, 0.25) is 0 Å². The van der Waals surface area contributed by atoms with Crippen molar-refractivity contribution >= 4 is 11.9 Å². The summed E-state index contributed by atoms with van der Waals surface area (Å²) in [5, 5.41) is 10.0. The van der Waals surface area contributed by atoms with Gasteiger partial charge in [-0.25, -0.2) is 0 Å². The fourth-order valence-corrected chi connectivity index (χ4v) is 3.10. The van der Waals surface area contributed by atoms with Crippen molar-refractivity contribution in [1.82, 2.24) is 0 Å². The van der Waals surface area contributed by atoms with Crippen molar-refractivity contribution in [3.63, 3.8) is 0 Å². The molecule has 1 aromatic carbocycles. The number of hydrogen-bond donors (Lipinski definition) is 1. The number of carbonyl (C=O) groups is 1. The first kappa shape index (κ1) is 20.2. The summed E-state index contributed by atoms with van der Waals surface area (Å²) in [5.74, 6) is -0.263. The molecule has 2 nitrogen and oxygen atoms in total. The maximum atomic E-state index is 12.5. The molecule has 0 fully saturated rings. The van der Waals surface area contributed by atoms with Gasteiger partial charge in [0.15, 0.2) is 5.78 Å². The highest BCUT2D eigenvalue weighted by molar-refractivity contribution is 6.02. The molecule has 0 saturated carbocycles. The molecule has 1 aliphatic rings. The van der Waals surface area contributed by atoms with Gasteiger partial charge in [-0.15, -0.1) is 0 Å². The highest BCUT2D eigenvalue weighted by Gasteiger charge is 2.31. The van der Waals surface area contributed by atoms with Crippen molar-refractivity contribution in [1.29, 1.82) is 0 Å². The van der Waals surface area contributed by atoms with Crippen molar-refractivity contribution in [2.24, 2.45) is 5.41 Å². The zero-order valence-electron chi connectivity index (χ0n) is 15.1. The van der Waals surface area contributed by atoms with Gasteiger partial charge < -0.3 is 5.11 Å². The van der Waals surface area contributed by atoms with Crippen LogP contribution in [0.15, 0.2) is 53.6 Å². The van der Waals surface area contributed by atoms with E-state index < -0.39 is 17.8 Å². The summed E-state index contributed by atoms with van der Waals surface area (Å²) < 4.78 is 37.6. The Kier molecular flexibility index (Phi) is 5.91. The Bertz CT molecular complexity index is 750. The van der Waals surface area contributed by atoms with E-state index in [-0.39, 0.29) is 11.2 Å². The topological polar surface area (TPSA) is 37.3 Å². The molecule has 1 unspecified atom stereocenters. The molecule has 2 rings (SSSR count). The summed E-state index contributed by atoms with van der Waals surface area (Å²) >= 11 is 0. The van der Waals surface area contributed by atoms with Gasteiger partial charge in [0, 0.05) is 0 Å². The van der Waals surface area contributed by atoms with Gasteiger partial charge in [0.25, 0.3) is 0 Å². The first-order valence-corrected chi connectivity index (χ1v) is 8.47. The smallest absolute Gasteiger partial charge is 0.389 e. The molecular weight excluding hydrogens is 341 g/mol. The van der Waals surface area contributed by atoms with Gasteiger partial charge in [0.1, 0.15) is 0 Å². The summed E-state index contributed by atoms with van der Waals surface area (Å²) in [6.07, 6.45) is 2.65. The molecule has 0 radical (unpaired) electrons. The maximum Gasteiger partial charge on any atom is 0.416 e. The lowest BCUT2D eigenvalue weighted by molar-refractivity contribution is -0.137. The Labute approximate surface area is 151 Å². The fourth-order valence-electron chi connectivity index (χ4n) is 3.10. The number of aliphatic hydroxyl groups excluding tert-OH is 1. The number of alkyl halides is 3. The van der Waals surface area contributed by atoms with E-state index in [9.17, 15) is 23.1 Å². The second-order valence-electron chi connectivity index (χ2n) is 7.22. The lowest BCUT2D eigenvalue weighted by atomic mass is 9.71. The molecule has 0 bridgehead atoms. The molecule has 5 heteroatoms. The quantitative estimate of drug-likeness (QED) is 0.732.